The lowest BCUT2D eigenvalue weighted by molar-refractivity contribution is 1.07. The van der Waals surface area contributed by atoms with Crippen molar-refractivity contribution in [2.24, 2.45) is 0 Å². The van der Waals surface area contributed by atoms with E-state index in [0.29, 0.717) is 34.7 Å². The molecule has 0 spiro atoms. The standard InChI is InChI=1S/C78H50N9P/c88-78-83-75(51-26-8-3-9-27-51)82-76(84-78)54-42-43-71-65(46-54)62-36-14-19-41-70(62)87(71)72-63(52-28-20-30-56(44-52)85-66-37-15-10-32-58(66)59-33-11-16-38-67(59)85)47-55(77-80-73(49-22-4-1-5-23-49)79-74(81-77)50-24-6-2-7-25-50)48-64(72)53-29-21-31-57(45-53)86-68-39-17-12-34-60(68)61-35-13-18-40-69(61)86/h1-48H,88H2. The van der Waals surface area contributed by atoms with Crippen LogP contribution in [0, 0.1) is 0 Å². The fourth-order valence-corrected chi connectivity index (χ4v) is 13.2. The molecule has 1 atom stereocenters. The molecule has 0 amide bonds. The van der Waals surface area contributed by atoms with Gasteiger partial charge in [0.05, 0.1) is 38.8 Å². The third-order valence-corrected chi connectivity index (χ3v) is 17.2. The molecule has 0 saturated carbocycles. The van der Waals surface area contributed by atoms with Crippen molar-refractivity contribution < 1.29 is 0 Å². The summed E-state index contributed by atoms with van der Waals surface area (Å²) in [6.07, 6.45) is 0. The summed E-state index contributed by atoms with van der Waals surface area (Å²) >= 11 is 0. The third kappa shape index (κ3) is 8.58. The minimum atomic E-state index is 0.548. The molecule has 0 aliphatic carbocycles. The molecule has 412 valence electrons. The second-order valence-corrected chi connectivity index (χ2v) is 22.6. The average molecular weight is 1140 g/mol. The molecule has 0 saturated heterocycles. The van der Waals surface area contributed by atoms with E-state index in [4.69, 9.17) is 29.9 Å². The van der Waals surface area contributed by atoms with Crippen molar-refractivity contribution in [2.75, 3.05) is 0 Å². The second-order valence-electron chi connectivity index (χ2n) is 22.1. The molecule has 0 fully saturated rings. The lowest BCUT2D eigenvalue weighted by Gasteiger charge is -2.22. The fourth-order valence-electron chi connectivity index (χ4n) is 13.0. The predicted octanol–water partition coefficient (Wildman–Crippen LogP) is 18.5. The van der Waals surface area contributed by atoms with Gasteiger partial charge in [0.2, 0.25) is 0 Å². The summed E-state index contributed by atoms with van der Waals surface area (Å²) in [5.41, 5.74) is 18.6. The fraction of sp³-hybridized carbons (Fsp3) is 0. The van der Waals surface area contributed by atoms with E-state index >= 15 is 0 Å². The van der Waals surface area contributed by atoms with Crippen molar-refractivity contribution in [2.45, 2.75) is 0 Å². The molecule has 0 bridgehead atoms. The molecule has 17 rings (SSSR count). The lowest BCUT2D eigenvalue weighted by atomic mass is 9.92. The number of hydrogen-bond donors (Lipinski definition) is 0. The van der Waals surface area contributed by atoms with E-state index in [-0.39, 0.29) is 0 Å². The molecule has 10 heteroatoms. The van der Waals surface area contributed by atoms with Gasteiger partial charge in [-0.05, 0) is 96.1 Å². The highest BCUT2D eigenvalue weighted by Gasteiger charge is 2.26. The number of rotatable bonds is 10. The first-order valence-electron chi connectivity index (χ1n) is 29.4. The van der Waals surface area contributed by atoms with Gasteiger partial charge in [-0.3, -0.25) is 0 Å². The zero-order valence-electron chi connectivity index (χ0n) is 47.3. The van der Waals surface area contributed by atoms with Gasteiger partial charge in [-0.15, -0.1) is 0 Å². The molecule has 9 nitrogen and oxygen atoms in total. The molecule has 0 aliphatic heterocycles. The van der Waals surface area contributed by atoms with Crippen LogP contribution in [0.3, 0.4) is 0 Å². The van der Waals surface area contributed by atoms with Crippen molar-refractivity contribution in [1.82, 2.24) is 43.6 Å². The van der Waals surface area contributed by atoms with Gasteiger partial charge in [0.25, 0.3) is 0 Å². The van der Waals surface area contributed by atoms with Gasteiger partial charge >= 0.3 is 0 Å². The molecule has 12 aromatic carbocycles. The van der Waals surface area contributed by atoms with Crippen LogP contribution in [0.1, 0.15) is 0 Å². The minimum Gasteiger partial charge on any atom is -0.309 e. The van der Waals surface area contributed by atoms with E-state index in [1.165, 1.54) is 21.5 Å². The molecule has 5 aromatic heterocycles. The van der Waals surface area contributed by atoms with Gasteiger partial charge in [0.15, 0.2) is 29.1 Å². The SMILES string of the molecule is Pc1nc(-c2ccccc2)nc(-c2ccc3c(c2)c2ccccc2n3-c2c(-c3cccc(-n4c5ccccc5c5ccccc54)c3)cc(-c3nc(-c4ccccc4)nc(-c4ccccc4)n3)cc2-c2cccc(-n3c4ccccc4c4ccccc43)c2)n1. The van der Waals surface area contributed by atoms with Gasteiger partial charge in [-0.1, -0.05) is 215 Å². The molecule has 0 N–H and O–H groups in total. The summed E-state index contributed by atoms with van der Waals surface area (Å²) in [5.74, 6) is 2.92. The summed E-state index contributed by atoms with van der Waals surface area (Å²) in [6.45, 7) is 0. The van der Waals surface area contributed by atoms with Crippen LogP contribution in [0.15, 0.2) is 291 Å². The Morgan fingerprint density at radius 3 is 0.955 bits per heavy atom. The van der Waals surface area contributed by atoms with Crippen molar-refractivity contribution in [3.8, 4) is 96.3 Å². The van der Waals surface area contributed by atoms with Crippen LogP contribution in [-0.2, 0) is 0 Å². The van der Waals surface area contributed by atoms with E-state index in [9.17, 15) is 0 Å². The second kappa shape index (κ2) is 20.9. The highest BCUT2D eigenvalue weighted by molar-refractivity contribution is 7.26. The van der Waals surface area contributed by atoms with Crippen molar-refractivity contribution in [1.29, 1.82) is 0 Å². The van der Waals surface area contributed by atoms with Crippen molar-refractivity contribution in [3.63, 3.8) is 0 Å². The molecule has 0 radical (unpaired) electrons. The highest BCUT2D eigenvalue weighted by Crippen LogP contribution is 2.46. The maximum Gasteiger partial charge on any atom is 0.164 e. The van der Waals surface area contributed by atoms with Crippen LogP contribution < -0.4 is 5.57 Å². The first-order chi connectivity index (χ1) is 43.5. The number of aromatic nitrogens is 9. The maximum absolute atomic E-state index is 5.43. The van der Waals surface area contributed by atoms with E-state index in [1.54, 1.807) is 0 Å². The van der Waals surface area contributed by atoms with E-state index in [1.807, 2.05) is 66.7 Å². The highest BCUT2D eigenvalue weighted by atomic mass is 31.0. The smallest absolute Gasteiger partial charge is 0.164 e. The zero-order chi connectivity index (χ0) is 58.2. The Balaban J connectivity index is 0.988. The first-order valence-corrected chi connectivity index (χ1v) is 30.0. The zero-order valence-corrected chi connectivity index (χ0v) is 48.5. The largest absolute Gasteiger partial charge is 0.309 e. The van der Waals surface area contributed by atoms with Crippen LogP contribution in [0.4, 0.5) is 0 Å². The van der Waals surface area contributed by atoms with Crippen LogP contribution in [0.5, 0.6) is 0 Å². The van der Waals surface area contributed by atoms with Crippen LogP contribution >= 0.6 is 9.24 Å². The van der Waals surface area contributed by atoms with E-state index < -0.39 is 0 Å². The van der Waals surface area contributed by atoms with E-state index in [2.05, 4.69) is 247 Å². The molecule has 0 aliphatic rings. The molecule has 1 unspecified atom stereocenters. The normalized spacial score (nSPS) is 11.7. The number of benzene rings is 12. The van der Waals surface area contributed by atoms with Crippen LogP contribution in [0.25, 0.3) is 162 Å². The van der Waals surface area contributed by atoms with E-state index in [0.717, 1.165) is 111 Å². The lowest BCUT2D eigenvalue weighted by Crippen LogP contribution is -2.09. The summed E-state index contributed by atoms with van der Waals surface area (Å²) in [4.78, 5) is 30.8. The van der Waals surface area contributed by atoms with Gasteiger partial charge in [0.1, 0.15) is 5.57 Å². The Hall–Kier alpha value is -11.5. The van der Waals surface area contributed by atoms with Gasteiger partial charge in [-0.25, -0.2) is 29.9 Å². The number of nitrogens with zero attached hydrogens (tertiary/aromatic N) is 9. The van der Waals surface area contributed by atoms with Gasteiger partial charge < -0.3 is 13.7 Å². The summed E-state index contributed by atoms with van der Waals surface area (Å²) < 4.78 is 7.25. The Labute approximate surface area is 508 Å². The predicted molar refractivity (Wildman–Crippen MR) is 364 cm³/mol. The van der Waals surface area contributed by atoms with Gasteiger partial charge in [0, 0.05) is 82.6 Å². The van der Waals surface area contributed by atoms with Crippen LogP contribution in [0.2, 0.25) is 0 Å². The third-order valence-electron chi connectivity index (χ3n) is 16.9. The number of hydrogen-bond acceptors (Lipinski definition) is 6. The summed E-state index contributed by atoms with van der Waals surface area (Å²) in [6, 6.07) is 103. The Bertz CT molecular complexity index is 5250. The summed E-state index contributed by atoms with van der Waals surface area (Å²) in [5, 5.41) is 6.92. The maximum atomic E-state index is 5.43. The number of para-hydroxylation sites is 5. The average Bonchev–Trinajstić information content (AvgIpc) is 1.77. The van der Waals surface area contributed by atoms with Crippen molar-refractivity contribution >= 4 is 80.2 Å². The topological polar surface area (TPSA) is 92.1 Å². The molecule has 5 heterocycles. The summed E-state index contributed by atoms with van der Waals surface area (Å²) in [7, 11) is 2.70. The monoisotopic (exact) mass is 1140 g/mol. The molecular weight excluding hydrogens is 1090 g/mol. The van der Waals surface area contributed by atoms with Gasteiger partial charge in [-0.2, -0.15) is 0 Å². The van der Waals surface area contributed by atoms with Crippen LogP contribution in [-0.4, -0.2) is 43.6 Å². The molecule has 88 heavy (non-hydrogen) atoms. The molecular formula is C78H50N9P. The molecule has 17 aromatic rings. The number of fused-ring (bicyclic) bond motifs is 9. The first kappa shape index (κ1) is 51.0. The Kier molecular flexibility index (Phi) is 12.1. The minimum absolute atomic E-state index is 0.548. The quantitative estimate of drug-likeness (QED) is 0.127. The Morgan fingerprint density at radius 2 is 0.534 bits per heavy atom. The van der Waals surface area contributed by atoms with Crippen molar-refractivity contribution in [3.05, 3.63) is 291 Å². The Morgan fingerprint density at radius 1 is 0.216 bits per heavy atom.